The molecule has 1 heterocycles. The second-order valence-corrected chi connectivity index (χ2v) is 19.8. The first kappa shape index (κ1) is 34.8. The van der Waals surface area contributed by atoms with Crippen LogP contribution < -0.4 is 31.8 Å². The third-order valence-corrected chi connectivity index (χ3v) is 17.8. The van der Waals surface area contributed by atoms with Crippen LogP contribution in [0, 0.1) is 13.8 Å². The van der Waals surface area contributed by atoms with Crippen LogP contribution in [0.3, 0.4) is 0 Å². The summed E-state index contributed by atoms with van der Waals surface area (Å²) in [7, 11) is -5.44. The molecular weight excluding hydrogens is 707 g/mol. The number of hydrogen-bond donors (Lipinski definition) is 0. The van der Waals surface area contributed by atoms with Crippen molar-refractivity contribution in [3.63, 3.8) is 0 Å². The normalized spacial score (nSPS) is 11.8. The number of fused-ring (bicyclic) bond motifs is 3. The number of aryl methyl sites for hydroxylation is 2. The van der Waals surface area contributed by atoms with E-state index in [1.54, 1.807) is 0 Å². The van der Waals surface area contributed by atoms with Crippen LogP contribution in [0.5, 0.6) is 0 Å². The highest BCUT2D eigenvalue weighted by Gasteiger charge is 2.34. The van der Waals surface area contributed by atoms with Gasteiger partial charge in [-0.15, -0.1) is 0 Å². The molecule has 0 saturated carbocycles. The topological polar surface area (TPSA) is 37.9 Å². The molecule has 9 rings (SSSR count). The smallest absolute Gasteiger partial charge is 0.145 e. The number of para-hydroxylation sites is 2. The lowest BCUT2D eigenvalue weighted by molar-refractivity contribution is 0.674. The molecule has 0 atom stereocenters. The largest absolute Gasteiger partial charge is 0.455 e. The van der Waals surface area contributed by atoms with Crippen molar-refractivity contribution < 1.29 is 4.42 Å². The molecular formula is C50H40N2OP2. The Hall–Kier alpha value is -5.98. The molecule has 8 aromatic carbocycles. The van der Waals surface area contributed by atoms with E-state index in [-0.39, 0.29) is 0 Å². The van der Waals surface area contributed by atoms with Crippen molar-refractivity contribution >= 4 is 79.2 Å². The highest BCUT2D eigenvalue weighted by atomic mass is 31.2. The summed E-state index contributed by atoms with van der Waals surface area (Å²) in [6.07, 6.45) is 0. The lowest BCUT2D eigenvalue weighted by atomic mass is 10.1. The van der Waals surface area contributed by atoms with Crippen molar-refractivity contribution in [2.75, 3.05) is 0 Å². The first-order valence-corrected chi connectivity index (χ1v) is 22.1. The van der Waals surface area contributed by atoms with Crippen LogP contribution in [0.15, 0.2) is 220 Å². The quantitative estimate of drug-likeness (QED) is 0.143. The minimum atomic E-state index is -2.72. The van der Waals surface area contributed by atoms with Gasteiger partial charge in [-0.1, -0.05) is 182 Å². The van der Waals surface area contributed by atoms with Gasteiger partial charge in [0, 0.05) is 42.6 Å². The molecule has 0 amide bonds. The van der Waals surface area contributed by atoms with Crippen LogP contribution in [-0.4, -0.2) is 0 Å². The zero-order valence-electron chi connectivity index (χ0n) is 30.8. The Labute approximate surface area is 323 Å². The Morgan fingerprint density at radius 1 is 0.327 bits per heavy atom. The number of furan rings is 1. The molecule has 9 aromatic rings. The van der Waals surface area contributed by atoms with E-state index >= 15 is 0 Å². The van der Waals surface area contributed by atoms with Crippen LogP contribution in [0.2, 0.25) is 0 Å². The summed E-state index contributed by atoms with van der Waals surface area (Å²) < 4.78 is 19.3. The van der Waals surface area contributed by atoms with E-state index in [1.165, 1.54) is 21.2 Å². The summed E-state index contributed by atoms with van der Waals surface area (Å²) >= 11 is 0. The Kier molecular flexibility index (Phi) is 9.28. The SMILES string of the molecule is Cc1ccccc1N=P(c1ccccc1)(c1ccccc1)c1cccc2c1oc1c(P(=Nc3ccccc3C)(c3ccccc3)c3ccccc3)cccc12. The van der Waals surface area contributed by atoms with Crippen molar-refractivity contribution in [2.45, 2.75) is 13.8 Å². The first-order valence-electron chi connectivity index (χ1n) is 18.6. The van der Waals surface area contributed by atoms with Gasteiger partial charge in [-0.25, -0.2) is 0 Å². The molecule has 55 heavy (non-hydrogen) atoms. The van der Waals surface area contributed by atoms with Gasteiger partial charge < -0.3 is 4.42 Å². The van der Waals surface area contributed by atoms with Crippen molar-refractivity contribution in [1.82, 2.24) is 0 Å². The van der Waals surface area contributed by atoms with E-state index in [0.29, 0.717) is 0 Å². The molecule has 0 aliphatic heterocycles. The highest BCUT2D eigenvalue weighted by Crippen LogP contribution is 2.54. The number of rotatable bonds is 8. The van der Waals surface area contributed by atoms with Gasteiger partial charge in [-0.3, -0.25) is 9.49 Å². The maximum absolute atomic E-state index is 7.48. The fourth-order valence-corrected chi connectivity index (χ4v) is 15.2. The van der Waals surface area contributed by atoms with E-state index in [0.717, 1.165) is 55.0 Å². The van der Waals surface area contributed by atoms with Gasteiger partial charge in [0.15, 0.2) is 0 Å². The molecule has 3 nitrogen and oxygen atoms in total. The van der Waals surface area contributed by atoms with Crippen LogP contribution in [-0.2, 0) is 0 Å². The maximum atomic E-state index is 7.48. The van der Waals surface area contributed by atoms with Crippen molar-refractivity contribution in [1.29, 1.82) is 0 Å². The molecule has 1 aromatic heterocycles. The second kappa shape index (κ2) is 14.7. The Morgan fingerprint density at radius 3 is 0.964 bits per heavy atom. The molecule has 5 heteroatoms. The zero-order valence-corrected chi connectivity index (χ0v) is 32.6. The summed E-state index contributed by atoms with van der Waals surface area (Å²) in [5.41, 5.74) is 5.95. The van der Waals surface area contributed by atoms with Gasteiger partial charge in [0.05, 0.1) is 25.5 Å². The number of nitrogens with zero attached hydrogens (tertiary/aromatic N) is 2. The average molecular weight is 747 g/mol. The Bertz CT molecular complexity index is 2620. The fourth-order valence-electron chi connectivity index (χ4n) is 7.74. The minimum absolute atomic E-state index is 0.860. The predicted octanol–water partition coefficient (Wildman–Crippen LogP) is 11.8. The van der Waals surface area contributed by atoms with Gasteiger partial charge in [0.25, 0.3) is 0 Å². The zero-order chi connectivity index (χ0) is 37.2. The van der Waals surface area contributed by atoms with E-state index in [2.05, 4.69) is 220 Å². The molecule has 0 aliphatic rings. The van der Waals surface area contributed by atoms with Crippen LogP contribution in [0.1, 0.15) is 11.1 Å². The molecule has 0 fully saturated rings. The molecule has 0 bridgehead atoms. The minimum Gasteiger partial charge on any atom is -0.455 e. The molecule has 0 unspecified atom stereocenters. The van der Waals surface area contributed by atoms with Gasteiger partial charge in [0.2, 0.25) is 0 Å². The highest BCUT2D eigenvalue weighted by molar-refractivity contribution is 7.88. The number of hydrogen-bond acceptors (Lipinski definition) is 3. The van der Waals surface area contributed by atoms with Crippen LogP contribution >= 0.6 is 14.1 Å². The lowest BCUT2D eigenvalue weighted by Crippen LogP contribution is -2.26. The molecule has 266 valence electrons. The van der Waals surface area contributed by atoms with Crippen LogP contribution in [0.25, 0.3) is 21.9 Å². The Morgan fingerprint density at radius 2 is 0.636 bits per heavy atom. The fraction of sp³-hybridized carbons (Fsp3) is 0.0400. The van der Waals surface area contributed by atoms with Crippen LogP contribution in [0.4, 0.5) is 11.4 Å². The standard InChI is InChI=1S/C50H40N2OP2/c1-37-21-15-17-33-45(37)51-54(39-23-7-3-8-24-39,40-25-9-4-10-26-40)47-35-19-31-43-44-32-20-36-48(50(44)53-49(43)47)55(41-27-11-5-12-28-41,42-29-13-6-14-30-42)52-46-34-18-16-22-38(46)2/h3-36H,1-2H3. The van der Waals surface area contributed by atoms with E-state index in [4.69, 9.17) is 13.9 Å². The van der Waals surface area contributed by atoms with E-state index < -0.39 is 14.1 Å². The predicted molar refractivity (Wildman–Crippen MR) is 238 cm³/mol. The maximum Gasteiger partial charge on any atom is 0.145 e. The Balaban J connectivity index is 1.45. The summed E-state index contributed by atoms with van der Waals surface area (Å²) in [5.74, 6) is 0. The number of benzene rings is 8. The molecule has 0 saturated heterocycles. The molecule has 0 spiro atoms. The third kappa shape index (κ3) is 6.02. The van der Waals surface area contributed by atoms with Crippen molar-refractivity contribution in [2.24, 2.45) is 9.49 Å². The molecule has 0 radical (unpaired) electrons. The lowest BCUT2D eigenvalue weighted by Gasteiger charge is -2.27. The summed E-state index contributed by atoms with van der Waals surface area (Å²) in [5, 5.41) is 9.00. The molecule has 0 N–H and O–H groups in total. The first-order chi connectivity index (χ1) is 27.1. The van der Waals surface area contributed by atoms with Gasteiger partial charge in [-0.05, 0) is 49.2 Å². The monoisotopic (exact) mass is 746 g/mol. The summed E-state index contributed by atoms with van der Waals surface area (Å²) in [6.45, 7) is 4.29. The van der Waals surface area contributed by atoms with Gasteiger partial charge in [0.1, 0.15) is 11.2 Å². The second-order valence-electron chi connectivity index (χ2n) is 13.8. The van der Waals surface area contributed by atoms with Crippen molar-refractivity contribution in [3.8, 4) is 0 Å². The molecule has 0 aliphatic carbocycles. The van der Waals surface area contributed by atoms with E-state index in [1.807, 2.05) is 0 Å². The summed E-state index contributed by atoms with van der Waals surface area (Å²) in [6, 6.07) is 73.4. The average Bonchev–Trinajstić information content (AvgIpc) is 3.64. The third-order valence-electron chi connectivity index (χ3n) is 10.4. The van der Waals surface area contributed by atoms with Crippen molar-refractivity contribution in [3.05, 3.63) is 217 Å². The summed E-state index contributed by atoms with van der Waals surface area (Å²) in [4.78, 5) is 0. The van der Waals surface area contributed by atoms with Gasteiger partial charge in [-0.2, -0.15) is 0 Å². The van der Waals surface area contributed by atoms with Gasteiger partial charge >= 0.3 is 0 Å². The van der Waals surface area contributed by atoms with E-state index in [9.17, 15) is 0 Å².